The molecule has 2 amide bonds. The van der Waals surface area contributed by atoms with Crippen molar-refractivity contribution < 1.29 is 9.90 Å². The Morgan fingerprint density at radius 2 is 2.16 bits per heavy atom. The molecule has 7 heteroatoms. The zero-order valence-corrected chi connectivity index (χ0v) is 14.5. The molecule has 134 valence electrons. The number of urea groups is 1. The van der Waals surface area contributed by atoms with Crippen LogP contribution >= 0.6 is 0 Å². The fourth-order valence-electron chi connectivity index (χ4n) is 3.45. The normalized spacial score (nSPS) is 15.9. The van der Waals surface area contributed by atoms with Gasteiger partial charge in [-0.15, -0.1) is 0 Å². The second-order valence-corrected chi connectivity index (χ2v) is 6.49. The molecule has 3 rings (SSSR count). The molecular formula is C18H25N5O2. The first-order chi connectivity index (χ1) is 12.2. The lowest BCUT2D eigenvalue weighted by Gasteiger charge is -2.22. The van der Waals surface area contributed by atoms with Crippen LogP contribution in [0.1, 0.15) is 37.1 Å². The average molecular weight is 343 g/mol. The highest BCUT2D eigenvalue weighted by atomic mass is 16.3. The Balaban J connectivity index is 1.62. The van der Waals surface area contributed by atoms with E-state index in [1.807, 2.05) is 29.8 Å². The minimum Gasteiger partial charge on any atom is -0.394 e. The molecule has 0 saturated heterocycles. The first-order valence-corrected chi connectivity index (χ1v) is 8.78. The van der Waals surface area contributed by atoms with Gasteiger partial charge in [0.15, 0.2) is 0 Å². The van der Waals surface area contributed by atoms with Gasteiger partial charge in [0, 0.05) is 30.7 Å². The van der Waals surface area contributed by atoms with Gasteiger partial charge in [-0.2, -0.15) is 0 Å². The number of nitrogens with one attached hydrogen (secondary N) is 2. The van der Waals surface area contributed by atoms with E-state index in [4.69, 9.17) is 0 Å². The predicted octanol–water partition coefficient (Wildman–Crippen LogP) is 1.93. The molecule has 1 fully saturated rings. The van der Waals surface area contributed by atoms with E-state index in [2.05, 4.69) is 20.6 Å². The summed E-state index contributed by atoms with van der Waals surface area (Å²) < 4.78 is 1.89. The van der Waals surface area contributed by atoms with Gasteiger partial charge in [0.2, 0.25) is 0 Å². The Morgan fingerprint density at radius 1 is 1.36 bits per heavy atom. The highest BCUT2D eigenvalue weighted by Crippen LogP contribution is 2.27. The summed E-state index contributed by atoms with van der Waals surface area (Å²) in [6, 6.07) is 3.34. The van der Waals surface area contributed by atoms with Crippen LogP contribution in [0.15, 0.2) is 30.7 Å². The topological polar surface area (TPSA) is 92.1 Å². The Labute approximate surface area is 147 Å². The minimum absolute atomic E-state index is 0.0234. The fraction of sp³-hybridized carbons (Fsp3) is 0.500. The number of carbonyl (C=O) groups is 1. The summed E-state index contributed by atoms with van der Waals surface area (Å²) in [4.78, 5) is 20.9. The molecule has 2 aromatic heterocycles. The zero-order chi connectivity index (χ0) is 17.6. The molecule has 1 unspecified atom stereocenters. The van der Waals surface area contributed by atoms with E-state index in [1.165, 1.54) is 12.8 Å². The molecule has 1 saturated carbocycles. The molecule has 0 aliphatic heterocycles. The molecule has 0 spiro atoms. The van der Waals surface area contributed by atoms with Crippen molar-refractivity contribution in [2.45, 2.75) is 45.2 Å². The Bertz CT molecular complexity index is 709. The van der Waals surface area contributed by atoms with E-state index >= 15 is 0 Å². The molecule has 0 bridgehead atoms. The van der Waals surface area contributed by atoms with E-state index in [-0.39, 0.29) is 18.7 Å². The summed E-state index contributed by atoms with van der Waals surface area (Å²) >= 11 is 0. The van der Waals surface area contributed by atoms with Crippen molar-refractivity contribution in [2.24, 2.45) is 5.92 Å². The molecule has 2 heterocycles. The lowest BCUT2D eigenvalue weighted by molar-refractivity contribution is 0.190. The molecule has 0 aromatic carbocycles. The van der Waals surface area contributed by atoms with E-state index in [9.17, 15) is 9.90 Å². The van der Waals surface area contributed by atoms with Crippen molar-refractivity contribution in [1.82, 2.24) is 25.2 Å². The summed E-state index contributed by atoms with van der Waals surface area (Å²) in [6.45, 7) is 2.24. The zero-order valence-electron chi connectivity index (χ0n) is 14.5. The van der Waals surface area contributed by atoms with Crippen molar-refractivity contribution in [1.29, 1.82) is 0 Å². The Kier molecular flexibility index (Phi) is 5.65. The van der Waals surface area contributed by atoms with Crippen LogP contribution in [0.4, 0.5) is 4.79 Å². The van der Waals surface area contributed by atoms with E-state index in [0.717, 1.165) is 30.0 Å². The average Bonchev–Trinajstić information content (AvgIpc) is 3.30. The fourth-order valence-corrected chi connectivity index (χ4v) is 3.45. The minimum atomic E-state index is -0.261. The number of amides is 2. The second-order valence-electron chi connectivity index (χ2n) is 6.49. The van der Waals surface area contributed by atoms with Crippen LogP contribution in [0, 0.1) is 12.8 Å². The number of aromatic nitrogens is 3. The maximum absolute atomic E-state index is 12.2. The number of aliphatic hydroxyl groups is 1. The molecule has 1 atom stereocenters. The van der Waals surface area contributed by atoms with Gasteiger partial charge in [0.25, 0.3) is 0 Å². The van der Waals surface area contributed by atoms with E-state index < -0.39 is 0 Å². The monoisotopic (exact) mass is 343 g/mol. The molecule has 1 aliphatic carbocycles. The predicted molar refractivity (Wildman–Crippen MR) is 94.3 cm³/mol. The van der Waals surface area contributed by atoms with Crippen molar-refractivity contribution in [3.63, 3.8) is 0 Å². The first-order valence-electron chi connectivity index (χ1n) is 8.78. The van der Waals surface area contributed by atoms with Crippen LogP contribution in [0.2, 0.25) is 0 Å². The van der Waals surface area contributed by atoms with Gasteiger partial charge < -0.3 is 15.7 Å². The third-order valence-corrected chi connectivity index (χ3v) is 4.84. The van der Waals surface area contributed by atoms with E-state index in [1.54, 1.807) is 12.4 Å². The lowest BCUT2D eigenvalue weighted by atomic mass is 9.99. The highest BCUT2D eigenvalue weighted by molar-refractivity contribution is 5.74. The third kappa shape index (κ3) is 4.17. The first kappa shape index (κ1) is 17.4. The summed E-state index contributed by atoms with van der Waals surface area (Å²) in [5.74, 6) is 1.97. The lowest BCUT2D eigenvalue weighted by Crippen LogP contribution is -2.46. The molecule has 25 heavy (non-hydrogen) atoms. The standard InChI is InChI=1S/C18H25N5O2/c1-13-19-9-10-23(13)17-15(7-4-8-20-17)11-21-18(25)22-16(12-24)14-5-2-3-6-14/h4,7-10,14,16,24H,2-3,5-6,11-12H2,1H3,(H2,21,22,25). The number of pyridine rings is 1. The van der Waals surface area contributed by atoms with Crippen LogP contribution in [0.25, 0.3) is 5.82 Å². The van der Waals surface area contributed by atoms with Gasteiger partial charge >= 0.3 is 6.03 Å². The number of aryl methyl sites for hydroxylation is 1. The maximum Gasteiger partial charge on any atom is 0.315 e. The summed E-state index contributed by atoms with van der Waals surface area (Å²) in [7, 11) is 0. The smallest absolute Gasteiger partial charge is 0.315 e. The number of hydrogen-bond acceptors (Lipinski definition) is 4. The number of imidazole rings is 1. The van der Waals surface area contributed by atoms with Crippen molar-refractivity contribution in [3.05, 3.63) is 42.1 Å². The quantitative estimate of drug-likeness (QED) is 0.747. The molecular weight excluding hydrogens is 318 g/mol. The van der Waals surface area contributed by atoms with Crippen molar-refractivity contribution in [2.75, 3.05) is 6.61 Å². The highest BCUT2D eigenvalue weighted by Gasteiger charge is 2.25. The van der Waals surface area contributed by atoms with Crippen LogP contribution in [0.5, 0.6) is 0 Å². The Morgan fingerprint density at radius 3 is 2.84 bits per heavy atom. The third-order valence-electron chi connectivity index (χ3n) is 4.84. The number of hydrogen-bond donors (Lipinski definition) is 3. The maximum atomic E-state index is 12.2. The van der Waals surface area contributed by atoms with Gasteiger partial charge in [-0.1, -0.05) is 18.9 Å². The van der Waals surface area contributed by atoms with Crippen LogP contribution in [-0.2, 0) is 6.54 Å². The number of nitrogens with zero attached hydrogens (tertiary/aromatic N) is 3. The summed E-state index contributed by atoms with van der Waals surface area (Å²) in [6.07, 6.45) is 9.78. The SMILES string of the molecule is Cc1nccn1-c1ncccc1CNC(=O)NC(CO)C1CCCC1. The molecule has 7 nitrogen and oxygen atoms in total. The number of rotatable bonds is 6. The number of aliphatic hydroxyl groups excluding tert-OH is 1. The van der Waals surface area contributed by atoms with Crippen molar-refractivity contribution >= 4 is 6.03 Å². The molecule has 3 N–H and O–H groups in total. The summed E-state index contributed by atoms with van der Waals surface area (Å²) in [5, 5.41) is 15.3. The van der Waals surface area contributed by atoms with Crippen LogP contribution in [-0.4, -0.2) is 38.3 Å². The van der Waals surface area contributed by atoms with Crippen molar-refractivity contribution in [3.8, 4) is 5.82 Å². The molecule has 2 aromatic rings. The largest absolute Gasteiger partial charge is 0.394 e. The second kappa shape index (κ2) is 8.11. The van der Waals surface area contributed by atoms with Crippen LogP contribution < -0.4 is 10.6 Å². The van der Waals surface area contributed by atoms with Gasteiger partial charge in [-0.25, -0.2) is 14.8 Å². The van der Waals surface area contributed by atoms with Gasteiger partial charge in [0.05, 0.1) is 12.6 Å². The number of carbonyl (C=O) groups excluding carboxylic acids is 1. The molecule has 0 radical (unpaired) electrons. The van der Waals surface area contributed by atoms with E-state index in [0.29, 0.717) is 12.5 Å². The molecule has 1 aliphatic rings. The van der Waals surface area contributed by atoms with Gasteiger partial charge in [-0.3, -0.25) is 4.57 Å². The van der Waals surface area contributed by atoms with Gasteiger partial charge in [-0.05, 0) is 31.7 Å². The van der Waals surface area contributed by atoms with Crippen LogP contribution in [0.3, 0.4) is 0 Å². The Hall–Kier alpha value is -2.41. The van der Waals surface area contributed by atoms with Gasteiger partial charge in [0.1, 0.15) is 11.6 Å². The summed E-state index contributed by atoms with van der Waals surface area (Å²) in [5.41, 5.74) is 0.903.